The lowest BCUT2D eigenvalue weighted by molar-refractivity contribution is 0.184. The molecule has 2 heterocycles. The highest BCUT2D eigenvalue weighted by Gasteiger charge is 2.35. The van der Waals surface area contributed by atoms with E-state index < -0.39 is 0 Å². The summed E-state index contributed by atoms with van der Waals surface area (Å²) in [7, 11) is 1.66. The summed E-state index contributed by atoms with van der Waals surface area (Å²) in [6.07, 6.45) is 3.33. The lowest BCUT2D eigenvalue weighted by Gasteiger charge is -2.23. The number of aliphatic hydroxyl groups is 1. The average molecular weight is 419 g/mol. The predicted molar refractivity (Wildman–Crippen MR) is 117 cm³/mol. The van der Waals surface area contributed by atoms with Crippen molar-refractivity contribution in [3.63, 3.8) is 0 Å². The van der Waals surface area contributed by atoms with Crippen LogP contribution in [0, 0.1) is 18.3 Å². The van der Waals surface area contributed by atoms with Crippen LogP contribution in [0.2, 0.25) is 0 Å². The summed E-state index contributed by atoms with van der Waals surface area (Å²) in [6, 6.07) is 10.0. The Morgan fingerprint density at radius 3 is 2.94 bits per heavy atom. The number of nitriles is 1. The highest BCUT2D eigenvalue weighted by atomic mass is 16.5. The van der Waals surface area contributed by atoms with Gasteiger partial charge >= 0.3 is 0 Å². The van der Waals surface area contributed by atoms with E-state index in [-0.39, 0.29) is 12.0 Å². The highest BCUT2D eigenvalue weighted by Crippen LogP contribution is 2.42. The molecule has 8 nitrogen and oxygen atoms in total. The molecule has 2 N–H and O–H groups in total. The number of ether oxygens (including phenoxy) is 1. The van der Waals surface area contributed by atoms with E-state index in [1.165, 1.54) is 0 Å². The van der Waals surface area contributed by atoms with Crippen LogP contribution in [-0.4, -0.2) is 45.2 Å². The number of hydrogen-bond acceptors (Lipinski definition) is 7. The number of fused-ring (bicyclic) bond motifs is 1. The summed E-state index contributed by atoms with van der Waals surface area (Å²) in [5.41, 5.74) is 4.81. The zero-order chi connectivity index (χ0) is 22.0. The van der Waals surface area contributed by atoms with Gasteiger partial charge in [0, 0.05) is 30.4 Å². The molecule has 1 aromatic carbocycles. The van der Waals surface area contributed by atoms with E-state index in [0.717, 1.165) is 41.0 Å². The number of aryl methyl sites for hydroxylation is 1. The van der Waals surface area contributed by atoms with Crippen LogP contribution in [0.5, 0.6) is 0 Å². The standard InChI is InChI=1S/C23H26N6O2/c1-15-10-21(29(28-15)8-9-31-3)27-22-25-7-5-20(26-22)16-11-17(13-24)18-4-6-23(2,14-30)19(18)12-16/h5,7,10-12,30H,4,6,8-9,14H2,1-3H3,(H,25,26,27). The van der Waals surface area contributed by atoms with Gasteiger partial charge in [0.25, 0.3) is 0 Å². The molecule has 0 bridgehead atoms. The molecule has 3 aromatic rings. The zero-order valence-corrected chi connectivity index (χ0v) is 18.0. The van der Waals surface area contributed by atoms with E-state index in [1.807, 2.05) is 36.7 Å². The Morgan fingerprint density at radius 2 is 2.19 bits per heavy atom. The summed E-state index contributed by atoms with van der Waals surface area (Å²) < 4.78 is 6.98. The Labute approximate surface area is 181 Å². The summed E-state index contributed by atoms with van der Waals surface area (Å²) >= 11 is 0. The van der Waals surface area contributed by atoms with Gasteiger partial charge < -0.3 is 15.2 Å². The number of benzene rings is 1. The Kier molecular flexibility index (Phi) is 5.72. The van der Waals surface area contributed by atoms with Crippen molar-refractivity contribution >= 4 is 11.8 Å². The van der Waals surface area contributed by atoms with Gasteiger partial charge in [0.15, 0.2) is 0 Å². The second-order valence-corrected chi connectivity index (χ2v) is 8.16. The van der Waals surface area contributed by atoms with Crippen LogP contribution in [0.25, 0.3) is 11.3 Å². The highest BCUT2D eigenvalue weighted by molar-refractivity contribution is 5.68. The molecule has 0 saturated heterocycles. The monoisotopic (exact) mass is 418 g/mol. The van der Waals surface area contributed by atoms with Crippen molar-refractivity contribution in [3.05, 3.63) is 52.8 Å². The van der Waals surface area contributed by atoms with Gasteiger partial charge in [-0.15, -0.1) is 0 Å². The van der Waals surface area contributed by atoms with Crippen LogP contribution in [0.1, 0.15) is 35.7 Å². The minimum Gasteiger partial charge on any atom is -0.395 e. The van der Waals surface area contributed by atoms with Gasteiger partial charge in [0.1, 0.15) is 5.82 Å². The number of rotatable bonds is 7. The maximum Gasteiger partial charge on any atom is 0.228 e. The molecule has 0 amide bonds. The molecule has 1 aliphatic carbocycles. The second kappa shape index (κ2) is 8.46. The first-order valence-corrected chi connectivity index (χ1v) is 10.3. The zero-order valence-electron chi connectivity index (χ0n) is 18.0. The Balaban J connectivity index is 1.69. The van der Waals surface area contributed by atoms with Crippen molar-refractivity contribution < 1.29 is 9.84 Å². The second-order valence-electron chi connectivity index (χ2n) is 8.16. The van der Waals surface area contributed by atoms with Gasteiger partial charge in [0.2, 0.25) is 5.95 Å². The Bertz CT molecular complexity index is 1150. The van der Waals surface area contributed by atoms with Gasteiger partial charge in [-0.05, 0) is 49.1 Å². The number of hydrogen-bond donors (Lipinski definition) is 2. The molecular weight excluding hydrogens is 392 g/mol. The van der Waals surface area contributed by atoms with Gasteiger partial charge in [-0.2, -0.15) is 10.4 Å². The molecule has 8 heteroatoms. The van der Waals surface area contributed by atoms with E-state index in [2.05, 4.69) is 32.5 Å². The minimum absolute atomic E-state index is 0.0513. The third-order valence-corrected chi connectivity index (χ3v) is 5.90. The normalized spacial score (nSPS) is 17.4. The van der Waals surface area contributed by atoms with Crippen LogP contribution in [0.3, 0.4) is 0 Å². The van der Waals surface area contributed by atoms with Gasteiger partial charge in [-0.3, -0.25) is 0 Å². The molecule has 31 heavy (non-hydrogen) atoms. The van der Waals surface area contributed by atoms with Crippen molar-refractivity contribution in [3.8, 4) is 17.3 Å². The van der Waals surface area contributed by atoms with Crippen molar-refractivity contribution in [1.29, 1.82) is 5.26 Å². The number of nitrogens with one attached hydrogen (secondary N) is 1. The number of aliphatic hydroxyl groups excluding tert-OH is 1. The number of aromatic nitrogens is 4. The number of anilines is 2. The third kappa shape index (κ3) is 4.02. The molecule has 1 aliphatic rings. The van der Waals surface area contributed by atoms with Gasteiger partial charge in [0.05, 0.1) is 42.8 Å². The number of methoxy groups -OCH3 is 1. The first-order valence-electron chi connectivity index (χ1n) is 10.3. The fraction of sp³-hybridized carbons (Fsp3) is 0.391. The molecule has 0 radical (unpaired) electrons. The SMILES string of the molecule is COCCn1nc(C)cc1Nc1nccc(-c2cc(C#N)c3c(c2)C(C)(CO)CC3)n1. The van der Waals surface area contributed by atoms with Crippen molar-refractivity contribution in [2.75, 3.05) is 25.6 Å². The summed E-state index contributed by atoms with van der Waals surface area (Å²) in [4.78, 5) is 9.03. The first-order chi connectivity index (χ1) is 15.0. The Hall–Kier alpha value is -3.28. The fourth-order valence-corrected chi connectivity index (χ4v) is 4.12. The van der Waals surface area contributed by atoms with Crippen molar-refractivity contribution in [2.24, 2.45) is 0 Å². The summed E-state index contributed by atoms with van der Waals surface area (Å²) in [5, 5.41) is 27.4. The van der Waals surface area contributed by atoms with E-state index >= 15 is 0 Å². The summed E-state index contributed by atoms with van der Waals surface area (Å²) in [5.74, 6) is 1.23. The smallest absolute Gasteiger partial charge is 0.228 e. The Morgan fingerprint density at radius 1 is 1.35 bits per heavy atom. The molecule has 0 fully saturated rings. The predicted octanol–water partition coefficient (Wildman–Crippen LogP) is 3.11. The first kappa shape index (κ1) is 21.0. The van der Waals surface area contributed by atoms with E-state index in [0.29, 0.717) is 30.4 Å². The molecule has 2 aromatic heterocycles. The van der Waals surface area contributed by atoms with Gasteiger partial charge in [-0.25, -0.2) is 14.6 Å². The lowest BCUT2D eigenvalue weighted by atomic mass is 9.83. The average Bonchev–Trinajstić information content (AvgIpc) is 3.31. The fourth-order valence-electron chi connectivity index (χ4n) is 4.12. The molecule has 0 aliphatic heterocycles. The van der Waals surface area contributed by atoms with Crippen LogP contribution >= 0.6 is 0 Å². The maximum absolute atomic E-state index is 9.96. The maximum atomic E-state index is 9.96. The van der Waals surface area contributed by atoms with Crippen LogP contribution in [0.15, 0.2) is 30.5 Å². The molecule has 0 saturated carbocycles. The lowest BCUT2D eigenvalue weighted by Crippen LogP contribution is -2.23. The van der Waals surface area contributed by atoms with Crippen molar-refractivity contribution in [1.82, 2.24) is 19.7 Å². The van der Waals surface area contributed by atoms with Crippen LogP contribution in [0.4, 0.5) is 11.8 Å². The van der Waals surface area contributed by atoms with Crippen LogP contribution in [-0.2, 0) is 23.1 Å². The molecular formula is C23H26N6O2. The molecule has 1 atom stereocenters. The van der Waals surface area contributed by atoms with E-state index in [1.54, 1.807) is 13.3 Å². The molecule has 0 spiro atoms. The van der Waals surface area contributed by atoms with Gasteiger partial charge in [-0.1, -0.05) is 6.92 Å². The molecule has 1 unspecified atom stereocenters. The third-order valence-electron chi connectivity index (χ3n) is 5.90. The van der Waals surface area contributed by atoms with Crippen molar-refractivity contribution in [2.45, 2.75) is 38.6 Å². The van der Waals surface area contributed by atoms with E-state index in [4.69, 9.17) is 4.74 Å². The quantitative estimate of drug-likeness (QED) is 0.607. The minimum atomic E-state index is -0.337. The van der Waals surface area contributed by atoms with Crippen LogP contribution < -0.4 is 5.32 Å². The largest absolute Gasteiger partial charge is 0.395 e. The molecule has 4 rings (SSSR count). The summed E-state index contributed by atoms with van der Waals surface area (Å²) in [6.45, 7) is 5.18. The number of nitrogens with zero attached hydrogens (tertiary/aromatic N) is 5. The van der Waals surface area contributed by atoms with E-state index in [9.17, 15) is 10.4 Å². The molecule has 160 valence electrons. The topological polar surface area (TPSA) is 109 Å².